The fourth-order valence-corrected chi connectivity index (χ4v) is 3.26. The Morgan fingerprint density at radius 2 is 1.68 bits per heavy atom. The molecule has 0 atom stereocenters. The van der Waals surface area contributed by atoms with E-state index in [1.165, 1.54) is 10.4 Å². The van der Waals surface area contributed by atoms with Crippen LogP contribution >= 0.6 is 11.3 Å². The van der Waals surface area contributed by atoms with Crippen LogP contribution in [0.4, 0.5) is 16.5 Å². The van der Waals surface area contributed by atoms with E-state index >= 15 is 0 Å². The Labute approximate surface area is 163 Å². The highest BCUT2D eigenvalue weighted by Gasteiger charge is 2.10. The second kappa shape index (κ2) is 8.87. The topological polar surface area (TPSA) is 31.8 Å². The average molecular weight is 417 g/mol. The van der Waals surface area contributed by atoms with E-state index in [1.807, 2.05) is 29.8 Å². The monoisotopic (exact) mass is 416 g/mol. The fourth-order valence-electron chi connectivity index (χ4n) is 2.48. The SMILES string of the molecule is Cc1c[n+](C)c(N=Nc2ccc(N(C)Cc3ccccc3)cc2)s1.[Br-]. The van der Waals surface area contributed by atoms with E-state index in [-0.39, 0.29) is 17.0 Å². The first-order chi connectivity index (χ1) is 11.6. The van der Waals surface area contributed by atoms with E-state index in [0.717, 1.165) is 23.1 Å². The number of anilines is 1. The summed E-state index contributed by atoms with van der Waals surface area (Å²) in [5, 5.41) is 9.56. The minimum Gasteiger partial charge on any atom is -1.00 e. The number of rotatable bonds is 5. The quantitative estimate of drug-likeness (QED) is 0.461. The van der Waals surface area contributed by atoms with Crippen LogP contribution in [0.15, 0.2) is 71.0 Å². The second-order valence-electron chi connectivity index (χ2n) is 5.79. The molecule has 0 saturated carbocycles. The third-order valence-electron chi connectivity index (χ3n) is 3.73. The number of hydrogen-bond donors (Lipinski definition) is 0. The van der Waals surface area contributed by atoms with Crippen LogP contribution in [0.5, 0.6) is 0 Å². The van der Waals surface area contributed by atoms with Gasteiger partial charge < -0.3 is 21.9 Å². The third kappa shape index (κ3) is 5.21. The first-order valence-electron chi connectivity index (χ1n) is 7.85. The summed E-state index contributed by atoms with van der Waals surface area (Å²) < 4.78 is 1.99. The van der Waals surface area contributed by atoms with Crippen molar-refractivity contribution in [1.82, 2.24) is 0 Å². The molecule has 0 fully saturated rings. The van der Waals surface area contributed by atoms with E-state index in [0.29, 0.717) is 0 Å². The first kappa shape index (κ1) is 19.3. The van der Waals surface area contributed by atoms with Crippen molar-refractivity contribution in [3.05, 3.63) is 71.2 Å². The molecular formula is C19H21BrN4S. The standard InChI is InChI=1S/C19H21N4S.BrH/c1-15-13-23(3)19(24-15)21-20-17-9-11-18(12-10-17)22(2)14-16-7-5-4-6-8-16;/h4-13H,14H2,1-3H3;1H/q+1;/p-1. The smallest absolute Gasteiger partial charge is 0.408 e. The molecule has 0 aliphatic rings. The Kier molecular flexibility index (Phi) is 6.84. The Hall–Kier alpha value is -2.05. The van der Waals surface area contributed by atoms with Gasteiger partial charge in [-0.25, -0.2) is 4.57 Å². The van der Waals surface area contributed by atoms with Crippen LogP contribution in [0.2, 0.25) is 0 Å². The number of azo groups is 1. The van der Waals surface area contributed by atoms with Gasteiger partial charge in [-0.3, -0.25) is 0 Å². The van der Waals surface area contributed by atoms with Crippen molar-refractivity contribution in [1.29, 1.82) is 0 Å². The zero-order valence-corrected chi connectivity index (χ0v) is 17.0. The molecule has 0 amide bonds. The predicted molar refractivity (Wildman–Crippen MR) is 99.4 cm³/mol. The number of aromatic nitrogens is 1. The van der Waals surface area contributed by atoms with Crippen molar-refractivity contribution in [2.45, 2.75) is 13.5 Å². The summed E-state index contributed by atoms with van der Waals surface area (Å²) >= 11 is 1.64. The number of nitrogens with zero attached hydrogens (tertiary/aromatic N) is 4. The molecule has 0 aliphatic carbocycles. The average Bonchev–Trinajstić information content (AvgIpc) is 2.92. The minimum atomic E-state index is 0. The van der Waals surface area contributed by atoms with Gasteiger partial charge in [0.2, 0.25) is 0 Å². The largest absolute Gasteiger partial charge is 1.00 e. The molecule has 25 heavy (non-hydrogen) atoms. The molecule has 4 nitrogen and oxygen atoms in total. The molecule has 6 heteroatoms. The van der Waals surface area contributed by atoms with Crippen molar-refractivity contribution in [2.75, 3.05) is 11.9 Å². The maximum absolute atomic E-state index is 4.33. The van der Waals surface area contributed by atoms with Crippen LogP contribution in [0.25, 0.3) is 0 Å². The van der Waals surface area contributed by atoms with Crippen LogP contribution in [-0.2, 0) is 13.6 Å². The van der Waals surface area contributed by atoms with Crippen molar-refractivity contribution >= 4 is 27.8 Å². The van der Waals surface area contributed by atoms with Gasteiger partial charge in [-0.1, -0.05) is 30.3 Å². The van der Waals surface area contributed by atoms with Gasteiger partial charge in [0.1, 0.15) is 11.9 Å². The summed E-state index contributed by atoms with van der Waals surface area (Å²) in [6, 6.07) is 18.6. The lowest BCUT2D eigenvalue weighted by molar-refractivity contribution is -0.654. The molecule has 0 bridgehead atoms. The molecule has 1 aromatic heterocycles. The highest BCUT2D eigenvalue weighted by Crippen LogP contribution is 2.24. The molecule has 0 spiro atoms. The summed E-state index contributed by atoms with van der Waals surface area (Å²) in [5.74, 6) is 0. The predicted octanol–water partition coefficient (Wildman–Crippen LogP) is 1.94. The van der Waals surface area contributed by atoms with Crippen molar-refractivity contribution < 1.29 is 21.5 Å². The molecule has 0 N–H and O–H groups in total. The molecule has 1 heterocycles. The molecule has 0 aliphatic heterocycles. The zero-order valence-electron chi connectivity index (χ0n) is 14.6. The lowest BCUT2D eigenvalue weighted by Gasteiger charge is -2.19. The number of thiazole rings is 1. The Balaban J connectivity index is 0.00000225. The van der Waals surface area contributed by atoms with Gasteiger partial charge in [-0.05, 0) is 53.2 Å². The molecule has 0 saturated heterocycles. The van der Waals surface area contributed by atoms with Crippen molar-refractivity contribution in [2.24, 2.45) is 17.3 Å². The molecule has 130 valence electrons. The van der Waals surface area contributed by atoms with Gasteiger partial charge in [-0.15, -0.1) is 0 Å². The van der Waals surface area contributed by atoms with Gasteiger partial charge >= 0.3 is 5.13 Å². The zero-order chi connectivity index (χ0) is 16.9. The van der Waals surface area contributed by atoms with Gasteiger partial charge in [0.25, 0.3) is 0 Å². The van der Waals surface area contributed by atoms with E-state index in [1.54, 1.807) is 11.3 Å². The van der Waals surface area contributed by atoms with E-state index < -0.39 is 0 Å². The highest BCUT2D eigenvalue weighted by molar-refractivity contribution is 7.14. The summed E-state index contributed by atoms with van der Waals surface area (Å²) in [7, 11) is 4.08. The summed E-state index contributed by atoms with van der Waals surface area (Å²) in [5.41, 5.74) is 3.32. The summed E-state index contributed by atoms with van der Waals surface area (Å²) in [6.45, 7) is 2.95. The van der Waals surface area contributed by atoms with E-state index in [4.69, 9.17) is 0 Å². The molecule has 3 aromatic rings. The molecule has 3 rings (SSSR count). The fraction of sp³-hybridized carbons (Fsp3) is 0.211. The van der Waals surface area contributed by atoms with Crippen molar-refractivity contribution in [3.8, 4) is 0 Å². The lowest BCUT2D eigenvalue weighted by atomic mass is 10.2. The van der Waals surface area contributed by atoms with E-state index in [9.17, 15) is 0 Å². The van der Waals surface area contributed by atoms with Crippen LogP contribution in [0, 0.1) is 6.92 Å². The van der Waals surface area contributed by atoms with Gasteiger partial charge in [0, 0.05) is 24.2 Å². The Morgan fingerprint density at radius 3 is 2.28 bits per heavy atom. The highest BCUT2D eigenvalue weighted by atomic mass is 79.9. The maximum atomic E-state index is 4.33. The summed E-state index contributed by atoms with van der Waals surface area (Å²) in [6.07, 6.45) is 2.06. The Morgan fingerprint density at radius 1 is 1.00 bits per heavy atom. The minimum absolute atomic E-state index is 0. The molecule has 0 unspecified atom stereocenters. The second-order valence-corrected chi connectivity index (χ2v) is 7.01. The van der Waals surface area contributed by atoms with Crippen molar-refractivity contribution in [3.63, 3.8) is 0 Å². The Bertz CT molecular complexity index is 828. The molecular weight excluding hydrogens is 396 g/mol. The maximum Gasteiger partial charge on any atom is 0.408 e. The lowest BCUT2D eigenvalue weighted by Crippen LogP contribution is -3.00. The van der Waals surface area contributed by atoms with Gasteiger partial charge in [-0.2, -0.15) is 0 Å². The molecule has 2 aromatic carbocycles. The van der Waals surface area contributed by atoms with Crippen LogP contribution in [0.3, 0.4) is 0 Å². The van der Waals surface area contributed by atoms with Gasteiger partial charge in [0.15, 0.2) is 0 Å². The van der Waals surface area contributed by atoms with Crippen LogP contribution in [-0.4, -0.2) is 7.05 Å². The van der Waals surface area contributed by atoms with E-state index in [2.05, 4.69) is 71.7 Å². The number of aryl methyl sites for hydroxylation is 2. The van der Waals surface area contributed by atoms with Crippen LogP contribution in [0.1, 0.15) is 10.4 Å². The number of benzene rings is 2. The molecule has 0 radical (unpaired) electrons. The third-order valence-corrected chi connectivity index (χ3v) is 4.71. The first-order valence-corrected chi connectivity index (χ1v) is 8.66. The normalized spacial score (nSPS) is 10.7. The number of hydrogen-bond acceptors (Lipinski definition) is 4. The summed E-state index contributed by atoms with van der Waals surface area (Å²) in [4.78, 5) is 3.45. The van der Waals surface area contributed by atoms with Crippen LogP contribution < -0.4 is 26.4 Å². The number of halogens is 1. The van der Waals surface area contributed by atoms with Gasteiger partial charge in [0.05, 0.1) is 12.2 Å².